The molecule has 8 nitrogen and oxygen atoms in total. The number of carbonyl (C=O) groups excluding carboxylic acids is 2. The number of ether oxygens (including phenoxy) is 1. The van der Waals surface area contributed by atoms with Gasteiger partial charge in [-0.1, -0.05) is 12.1 Å². The van der Waals surface area contributed by atoms with Crippen molar-refractivity contribution in [3.05, 3.63) is 35.3 Å². The molecular weight excluding hydrogens is 392 g/mol. The van der Waals surface area contributed by atoms with E-state index in [4.69, 9.17) is 9.15 Å². The van der Waals surface area contributed by atoms with Gasteiger partial charge in [0, 0.05) is 24.4 Å². The molecule has 152 valence electrons. The molecule has 1 saturated heterocycles. The Morgan fingerprint density at radius 3 is 2.83 bits per heavy atom. The van der Waals surface area contributed by atoms with Crippen molar-refractivity contribution < 1.29 is 18.7 Å². The SMILES string of the molecule is CCOC(=O)Cc1csc(NC(=O)C2CCN(c3nc4ccccc4o3)CC2)n1. The first-order chi connectivity index (χ1) is 14.1. The number of benzene rings is 1. The predicted molar refractivity (Wildman–Crippen MR) is 110 cm³/mol. The van der Waals surface area contributed by atoms with Crippen molar-refractivity contribution >= 4 is 45.5 Å². The van der Waals surface area contributed by atoms with Crippen LogP contribution >= 0.6 is 11.3 Å². The lowest BCUT2D eigenvalue weighted by Gasteiger charge is -2.29. The molecule has 1 aromatic carbocycles. The maximum absolute atomic E-state index is 12.6. The summed E-state index contributed by atoms with van der Waals surface area (Å²) in [5.74, 6) is -0.450. The lowest BCUT2D eigenvalue weighted by Crippen LogP contribution is -2.38. The summed E-state index contributed by atoms with van der Waals surface area (Å²) in [5.41, 5.74) is 2.21. The van der Waals surface area contributed by atoms with Crippen LogP contribution in [0.25, 0.3) is 11.1 Å². The van der Waals surface area contributed by atoms with E-state index in [1.54, 1.807) is 12.3 Å². The van der Waals surface area contributed by atoms with E-state index in [0.717, 1.165) is 11.1 Å². The fraction of sp³-hybridized carbons (Fsp3) is 0.400. The molecule has 9 heteroatoms. The molecule has 1 fully saturated rings. The van der Waals surface area contributed by atoms with Crippen LogP contribution in [0.15, 0.2) is 34.1 Å². The van der Waals surface area contributed by atoms with Gasteiger partial charge >= 0.3 is 5.97 Å². The highest BCUT2D eigenvalue weighted by Gasteiger charge is 2.27. The van der Waals surface area contributed by atoms with Crippen molar-refractivity contribution in [1.82, 2.24) is 9.97 Å². The van der Waals surface area contributed by atoms with E-state index in [0.29, 0.717) is 49.4 Å². The highest BCUT2D eigenvalue weighted by atomic mass is 32.1. The molecular formula is C20H22N4O4S. The number of carbonyl (C=O) groups is 2. The Balaban J connectivity index is 1.30. The van der Waals surface area contributed by atoms with Crippen molar-refractivity contribution in [2.24, 2.45) is 5.92 Å². The molecule has 0 bridgehead atoms. The molecule has 0 atom stereocenters. The number of anilines is 2. The van der Waals surface area contributed by atoms with Crippen LogP contribution in [-0.2, 0) is 20.7 Å². The fourth-order valence-electron chi connectivity index (χ4n) is 3.34. The number of thiazole rings is 1. The maximum Gasteiger partial charge on any atom is 0.311 e. The molecule has 1 aliphatic heterocycles. The Bertz CT molecular complexity index is 974. The van der Waals surface area contributed by atoms with E-state index in [9.17, 15) is 9.59 Å². The summed E-state index contributed by atoms with van der Waals surface area (Å²) in [7, 11) is 0. The minimum absolute atomic E-state index is 0.0424. The number of oxazole rings is 1. The molecule has 3 heterocycles. The van der Waals surface area contributed by atoms with Crippen LogP contribution in [0.2, 0.25) is 0 Å². The normalized spacial score (nSPS) is 14.9. The number of para-hydroxylation sites is 2. The van der Waals surface area contributed by atoms with E-state index in [2.05, 4.69) is 20.2 Å². The fourth-order valence-corrected chi connectivity index (χ4v) is 4.05. The van der Waals surface area contributed by atoms with E-state index >= 15 is 0 Å². The minimum atomic E-state index is -0.317. The number of amides is 1. The number of piperidine rings is 1. The van der Waals surface area contributed by atoms with Gasteiger partial charge < -0.3 is 19.4 Å². The van der Waals surface area contributed by atoms with Crippen LogP contribution in [0.4, 0.5) is 11.1 Å². The predicted octanol–water partition coefficient (Wildman–Crippen LogP) is 3.25. The molecule has 1 N–H and O–H groups in total. The standard InChI is InChI=1S/C20H22N4O4S/c1-2-27-17(25)11-14-12-29-19(21-14)23-18(26)13-7-9-24(10-8-13)20-22-15-5-3-4-6-16(15)28-20/h3-6,12-13H,2,7-11H2,1H3,(H,21,23,26). The van der Waals surface area contributed by atoms with Gasteiger partial charge in [0.05, 0.1) is 18.7 Å². The summed E-state index contributed by atoms with van der Waals surface area (Å²) in [6.45, 7) is 3.52. The first kappa shape index (κ1) is 19.4. The van der Waals surface area contributed by atoms with Crippen LogP contribution in [0, 0.1) is 5.92 Å². The Kier molecular flexibility index (Phi) is 5.75. The third kappa shape index (κ3) is 4.56. The van der Waals surface area contributed by atoms with Crippen molar-refractivity contribution in [3.8, 4) is 0 Å². The molecule has 1 aliphatic rings. The molecule has 0 unspecified atom stereocenters. The third-order valence-electron chi connectivity index (χ3n) is 4.83. The number of rotatable bonds is 6. The lowest BCUT2D eigenvalue weighted by atomic mass is 9.96. The third-order valence-corrected chi connectivity index (χ3v) is 5.64. The highest BCUT2D eigenvalue weighted by Crippen LogP contribution is 2.27. The molecule has 0 aliphatic carbocycles. The molecule has 0 saturated carbocycles. The maximum atomic E-state index is 12.6. The average Bonchev–Trinajstić information content (AvgIpc) is 3.35. The zero-order valence-electron chi connectivity index (χ0n) is 16.1. The van der Waals surface area contributed by atoms with Crippen molar-refractivity contribution in [1.29, 1.82) is 0 Å². The number of fused-ring (bicyclic) bond motifs is 1. The van der Waals surface area contributed by atoms with Crippen LogP contribution in [0.3, 0.4) is 0 Å². The zero-order valence-corrected chi connectivity index (χ0v) is 16.9. The van der Waals surface area contributed by atoms with E-state index in [1.807, 2.05) is 24.3 Å². The van der Waals surface area contributed by atoms with Crippen molar-refractivity contribution in [2.75, 3.05) is 29.9 Å². The number of nitrogens with one attached hydrogen (secondary N) is 1. The minimum Gasteiger partial charge on any atom is -0.466 e. The van der Waals surface area contributed by atoms with Gasteiger partial charge in [-0.15, -0.1) is 11.3 Å². The van der Waals surface area contributed by atoms with Crippen LogP contribution < -0.4 is 10.2 Å². The highest BCUT2D eigenvalue weighted by molar-refractivity contribution is 7.13. The first-order valence-electron chi connectivity index (χ1n) is 9.64. The first-order valence-corrected chi connectivity index (χ1v) is 10.5. The summed E-state index contributed by atoms with van der Waals surface area (Å²) < 4.78 is 10.7. The van der Waals surface area contributed by atoms with E-state index in [1.165, 1.54) is 11.3 Å². The van der Waals surface area contributed by atoms with Gasteiger partial charge in [0.15, 0.2) is 10.7 Å². The van der Waals surface area contributed by atoms with Gasteiger partial charge in [0.25, 0.3) is 6.01 Å². The topological polar surface area (TPSA) is 97.6 Å². The Morgan fingerprint density at radius 2 is 2.07 bits per heavy atom. The summed E-state index contributed by atoms with van der Waals surface area (Å²) in [6, 6.07) is 8.28. The number of esters is 1. The van der Waals surface area contributed by atoms with Gasteiger partial charge in [-0.3, -0.25) is 9.59 Å². The largest absolute Gasteiger partial charge is 0.466 e. The number of hydrogen-bond donors (Lipinski definition) is 1. The zero-order chi connectivity index (χ0) is 20.2. The van der Waals surface area contributed by atoms with Crippen molar-refractivity contribution in [3.63, 3.8) is 0 Å². The number of nitrogens with zero attached hydrogens (tertiary/aromatic N) is 3. The molecule has 1 amide bonds. The molecule has 0 spiro atoms. The second kappa shape index (κ2) is 8.60. The Hall–Kier alpha value is -2.94. The molecule has 2 aromatic heterocycles. The summed E-state index contributed by atoms with van der Waals surface area (Å²) in [5, 5.41) is 5.15. The smallest absolute Gasteiger partial charge is 0.311 e. The van der Waals surface area contributed by atoms with Crippen molar-refractivity contribution in [2.45, 2.75) is 26.2 Å². The van der Waals surface area contributed by atoms with Gasteiger partial charge in [0.1, 0.15) is 5.52 Å². The lowest BCUT2D eigenvalue weighted by molar-refractivity contribution is -0.142. The van der Waals surface area contributed by atoms with E-state index in [-0.39, 0.29) is 24.2 Å². The average molecular weight is 414 g/mol. The Morgan fingerprint density at radius 1 is 1.28 bits per heavy atom. The number of aromatic nitrogens is 2. The molecule has 3 aromatic rings. The van der Waals surface area contributed by atoms with Gasteiger partial charge in [-0.2, -0.15) is 4.98 Å². The van der Waals surface area contributed by atoms with Gasteiger partial charge in [0.2, 0.25) is 5.91 Å². The summed E-state index contributed by atoms with van der Waals surface area (Å²) >= 11 is 1.32. The quantitative estimate of drug-likeness (QED) is 0.618. The summed E-state index contributed by atoms with van der Waals surface area (Å²) in [6.07, 6.45) is 1.54. The Labute approximate surface area is 171 Å². The van der Waals surface area contributed by atoms with Crippen LogP contribution in [0.1, 0.15) is 25.5 Å². The van der Waals surface area contributed by atoms with Gasteiger partial charge in [-0.25, -0.2) is 4.98 Å². The van der Waals surface area contributed by atoms with Crippen LogP contribution in [0.5, 0.6) is 0 Å². The second-order valence-electron chi connectivity index (χ2n) is 6.84. The van der Waals surface area contributed by atoms with Crippen LogP contribution in [-0.4, -0.2) is 41.5 Å². The summed E-state index contributed by atoms with van der Waals surface area (Å²) in [4.78, 5) is 35.0. The van der Waals surface area contributed by atoms with Gasteiger partial charge in [-0.05, 0) is 31.9 Å². The second-order valence-corrected chi connectivity index (χ2v) is 7.70. The monoisotopic (exact) mass is 414 g/mol. The number of hydrogen-bond acceptors (Lipinski definition) is 8. The molecule has 29 heavy (non-hydrogen) atoms. The molecule has 4 rings (SSSR count). The van der Waals surface area contributed by atoms with E-state index < -0.39 is 0 Å². The molecule has 0 radical (unpaired) electrons.